The molecule has 0 bridgehead atoms. The molecule has 0 saturated heterocycles. The Morgan fingerprint density at radius 1 is 1.39 bits per heavy atom. The molecule has 0 radical (unpaired) electrons. The van der Waals surface area contributed by atoms with Crippen LogP contribution in [-0.4, -0.2) is 28.8 Å². The molecule has 5 nitrogen and oxygen atoms in total. The molecule has 18 heavy (non-hydrogen) atoms. The molecule has 2 aromatic rings. The summed E-state index contributed by atoms with van der Waals surface area (Å²) in [5, 5.41) is 14.7. The molecule has 1 unspecified atom stereocenters. The minimum absolute atomic E-state index is 0.138. The highest BCUT2D eigenvalue weighted by molar-refractivity contribution is 7.09. The highest BCUT2D eigenvalue weighted by Gasteiger charge is 2.14. The maximum absolute atomic E-state index is 5.01. The van der Waals surface area contributed by atoms with Gasteiger partial charge in [0.25, 0.3) is 0 Å². The predicted octanol–water partition coefficient (Wildman–Crippen LogP) is 1.84. The SMILES string of the molecule is CCNC(Cc1nccs1)c1ccc(OC)nn1. The molecule has 0 saturated carbocycles. The van der Waals surface area contributed by atoms with Gasteiger partial charge in [-0.15, -0.1) is 16.4 Å². The van der Waals surface area contributed by atoms with Crippen LogP contribution < -0.4 is 10.1 Å². The molecule has 96 valence electrons. The van der Waals surface area contributed by atoms with Gasteiger partial charge in [0.2, 0.25) is 5.88 Å². The fraction of sp³-hybridized carbons (Fsp3) is 0.417. The van der Waals surface area contributed by atoms with E-state index in [2.05, 4.69) is 27.4 Å². The number of rotatable bonds is 6. The first-order chi connectivity index (χ1) is 8.83. The van der Waals surface area contributed by atoms with Gasteiger partial charge in [0.1, 0.15) is 0 Å². The number of likely N-dealkylation sites (N-methyl/N-ethyl adjacent to an activating group) is 1. The van der Waals surface area contributed by atoms with Crippen LogP contribution >= 0.6 is 11.3 Å². The number of ether oxygens (including phenoxy) is 1. The van der Waals surface area contributed by atoms with E-state index >= 15 is 0 Å². The largest absolute Gasteiger partial charge is 0.480 e. The molecule has 0 aliphatic heterocycles. The molecule has 0 amide bonds. The summed E-state index contributed by atoms with van der Waals surface area (Å²) in [7, 11) is 1.58. The summed E-state index contributed by atoms with van der Waals surface area (Å²) in [4.78, 5) is 4.30. The van der Waals surface area contributed by atoms with E-state index in [0.29, 0.717) is 5.88 Å². The third kappa shape index (κ3) is 3.24. The second kappa shape index (κ2) is 6.42. The van der Waals surface area contributed by atoms with Crippen molar-refractivity contribution in [1.29, 1.82) is 0 Å². The van der Waals surface area contributed by atoms with Gasteiger partial charge in [0, 0.05) is 24.1 Å². The Balaban J connectivity index is 2.12. The van der Waals surface area contributed by atoms with E-state index in [1.165, 1.54) is 0 Å². The van der Waals surface area contributed by atoms with E-state index in [9.17, 15) is 0 Å². The first kappa shape index (κ1) is 12.9. The number of thiazole rings is 1. The average molecular weight is 264 g/mol. The van der Waals surface area contributed by atoms with Crippen molar-refractivity contribution in [2.24, 2.45) is 0 Å². The number of methoxy groups -OCH3 is 1. The van der Waals surface area contributed by atoms with Crippen molar-refractivity contribution in [3.63, 3.8) is 0 Å². The Kier molecular flexibility index (Phi) is 4.60. The summed E-state index contributed by atoms with van der Waals surface area (Å²) in [5.74, 6) is 0.531. The standard InChI is InChI=1S/C12H16N4OS/c1-3-13-10(8-12-14-6-7-18-12)9-4-5-11(17-2)16-15-9/h4-7,10,13H,3,8H2,1-2H3. The van der Waals surface area contributed by atoms with E-state index in [1.807, 2.05) is 23.7 Å². The van der Waals surface area contributed by atoms with E-state index < -0.39 is 0 Å². The van der Waals surface area contributed by atoms with Gasteiger partial charge in [0.05, 0.1) is 23.9 Å². The molecule has 0 aliphatic carbocycles. The van der Waals surface area contributed by atoms with Gasteiger partial charge in [-0.2, -0.15) is 5.10 Å². The molecule has 2 rings (SSSR count). The number of hydrogen-bond acceptors (Lipinski definition) is 6. The molecule has 0 fully saturated rings. The molecular formula is C12H16N4OS. The Hall–Kier alpha value is -1.53. The van der Waals surface area contributed by atoms with Crippen molar-refractivity contribution in [3.8, 4) is 5.88 Å². The lowest BCUT2D eigenvalue weighted by atomic mass is 10.1. The van der Waals surface area contributed by atoms with Crippen molar-refractivity contribution in [2.75, 3.05) is 13.7 Å². The summed E-state index contributed by atoms with van der Waals surface area (Å²) in [6.45, 7) is 2.95. The van der Waals surface area contributed by atoms with Gasteiger partial charge in [-0.1, -0.05) is 6.92 Å². The van der Waals surface area contributed by atoms with Crippen molar-refractivity contribution in [1.82, 2.24) is 20.5 Å². The van der Waals surface area contributed by atoms with Crippen LogP contribution in [-0.2, 0) is 6.42 Å². The van der Waals surface area contributed by atoms with Gasteiger partial charge in [-0.05, 0) is 12.6 Å². The van der Waals surface area contributed by atoms with Crippen LogP contribution in [0.3, 0.4) is 0 Å². The molecule has 2 aromatic heterocycles. The van der Waals surface area contributed by atoms with Crippen LogP contribution in [0.2, 0.25) is 0 Å². The third-order valence-electron chi connectivity index (χ3n) is 2.54. The minimum Gasteiger partial charge on any atom is -0.480 e. The zero-order chi connectivity index (χ0) is 12.8. The summed E-state index contributed by atoms with van der Waals surface area (Å²) in [6, 6.07) is 3.90. The Morgan fingerprint density at radius 2 is 2.28 bits per heavy atom. The van der Waals surface area contributed by atoms with Crippen LogP contribution in [0.5, 0.6) is 5.88 Å². The molecule has 2 heterocycles. The van der Waals surface area contributed by atoms with Crippen molar-refractivity contribution < 1.29 is 4.74 Å². The number of nitrogens with zero attached hydrogens (tertiary/aromatic N) is 3. The van der Waals surface area contributed by atoms with Crippen LogP contribution in [0.25, 0.3) is 0 Å². The number of aromatic nitrogens is 3. The lowest BCUT2D eigenvalue weighted by Gasteiger charge is -2.15. The Morgan fingerprint density at radius 3 is 2.83 bits per heavy atom. The van der Waals surface area contributed by atoms with E-state index in [1.54, 1.807) is 18.4 Å². The lowest BCUT2D eigenvalue weighted by molar-refractivity contribution is 0.389. The Bertz CT molecular complexity index is 457. The monoisotopic (exact) mass is 264 g/mol. The average Bonchev–Trinajstić information content (AvgIpc) is 2.91. The van der Waals surface area contributed by atoms with Crippen LogP contribution in [0.4, 0.5) is 0 Å². The second-order valence-corrected chi connectivity index (χ2v) is 4.72. The maximum Gasteiger partial charge on any atom is 0.233 e. The van der Waals surface area contributed by atoms with Crippen molar-refractivity contribution >= 4 is 11.3 Å². The number of nitrogens with one attached hydrogen (secondary N) is 1. The van der Waals surface area contributed by atoms with Crippen LogP contribution in [0, 0.1) is 0 Å². The predicted molar refractivity (Wildman–Crippen MR) is 70.8 cm³/mol. The molecule has 0 aliphatic rings. The van der Waals surface area contributed by atoms with Gasteiger partial charge in [0.15, 0.2) is 0 Å². The van der Waals surface area contributed by atoms with Gasteiger partial charge < -0.3 is 10.1 Å². The molecule has 6 heteroatoms. The zero-order valence-electron chi connectivity index (χ0n) is 10.5. The van der Waals surface area contributed by atoms with E-state index in [-0.39, 0.29) is 6.04 Å². The fourth-order valence-corrected chi connectivity index (χ4v) is 2.34. The summed E-state index contributed by atoms with van der Waals surface area (Å²) in [6.07, 6.45) is 2.65. The number of hydrogen-bond donors (Lipinski definition) is 1. The molecular weight excluding hydrogens is 248 g/mol. The summed E-state index contributed by atoms with van der Waals surface area (Å²) < 4.78 is 5.01. The lowest BCUT2D eigenvalue weighted by Crippen LogP contribution is -2.24. The quantitative estimate of drug-likeness (QED) is 0.862. The van der Waals surface area contributed by atoms with Crippen molar-refractivity contribution in [2.45, 2.75) is 19.4 Å². The van der Waals surface area contributed by atoms with E-state index in [4.69, 9.17) is 4.74 Å². The maximum atomic E-state index is 5.01. The van der Waals surface area contributed by atoms with Gasteiger partial charge >= 0.3 is 0 Å². The Labute approximate surface area is 110 Å². The normalized spacial score (nSPS) is 12.3. The summed E-state index contributed by atoms with van der Waals surface area (Å²) in [5.41, 5.74) is 0.910. The molecule has 0 spiro atoms. The first-order valence-corrected chi connectivity index (χ1v) is 6.70. The van der Waals surface area contributed by atoms with Crippen molar-refractivity contribution in [3.05, 3.63) is 34.4 Å². The fourth-order valence-electron chi connectivity index (χ4n) is 1.68. The topological polar surface area (TPSA) is 59.9 Å². The smallest absolute Gasteiger partial charge is 0.233 e. The summed E-state index contributed by atoms with van der Waals surface area (Å²) >= 11 is 1.66. The second-order valence-electron chi connectivity index (χ2n) is 3.74. The minimum atomic E-state index is 0.138. The highest BCUT2D eigenvalue weighted by atomic mass is 32.1. The van der Waals surface area contributed by atoms with Gasteiger partial charge in [-0.25, -0.2) is 4.98 Å². The van der Waals surface area contributed by atoms with Gasteiger partial charge in [-0.3, -0.25) is 0 Å². The zero-order valence-corrected chi connectivity index (χ0v) is 11.3. The molecule has 1 atom stereocenters. The van der Waals surface area contributed by atoms with E-state index in [0.717, 1.165) is 23.7 Å². The highest BCUT2D eigenvalue weighted by Crippen LogP contribution is 2.18. The van der Waals surface area contributed by atoms with Crippen LogP contribution in [0.1, 0.15) is 23.7 Å². The third-order valence-corrected chi connectivity index (χ3v) is 3.34. The molecule has 0 aromatic carbocycles. The first-order valence-electron chi connectivity index (χ1n) is 5.83. The van der Waals surface area contributed by atoms with Crippen LogP contribution in [0.15, 0.2) is 23.7 Å². The molecule has 1 N–H and O–H groups in total.